The molecule has 1 atom stereocenters. The molecule has 2 N–H and O–H groups in total. The van der Waals surface area contributed by atoms with Crippen molar-refractivity contribution >= 4 is 5.91 Å². The number of nitrogens with zero attached hydrogens (tertiary/aromatic N) is 2. The molecular formula is C14H31N3O2V. The Morgan fingerprint density at radius 3 is 2.50 bits per heavy atom. The Balaban J connectivity index is 0. The van der Waals surface area contributed by atoms with Crippen LogP contribution in [0.3, 0.4) is 0 Å². The van der Waals surface area contributed by atoms with Crippen molar-refractivity contribution in [1.29, 1.82) is 0 Å². The topological polar surface area (TPSA) is 55.8 Å². The van der Waals surface area contributed by atoms with Crippen LogP contribution in [0.15, 0.2) is 0 Å². The Hall–Kier alpha value is -0.0656. The van der Waals surface area contributed by atoms with E-state index in [0.717, 1.165) is 32.5 Å². The molecule has 1 fully saturated rings. The number of likely N-dealkylation sites (N-methyl/N-ethyl adjacent to an activating group) is 1. The van der Waals surface area contributed by atoms with Gasteiger partial charge in [0.05, 0.1) is 12.6 Å². The van der Waals surface area contributed by atoms with E-state index < -0.39 is 0 Å². The molecule has 5 nitrogen and oxygen atoms in total. The second-order valence-corrected chi connectivity index (χ2v) is 4.66. The molecule has 0 aromatic carbocycles. The average molecular weight is 324 g/mol. The first-order valence-electron chi connectivity index (χ1n) is 7.50. The Bertz CT molecular complexity index is 242. The molecule has 119 valence electrons. The predicted molar refractivity (Wildman–Crippen MR) is 79.2 cm³/mol. The van der Waals surface area contributed by atoms with Crippen molar-refractivity contribution in [3.8, 4) is 0 Å². The van der Waals surface area contributed by atoms with Gasteiger partial charge >= 0.3 is 0 Å². The number of aliphatic hydroxyl groups excluding tert-OH is 1. The van der Waals surface area contributed by atoms with Gasteiger partial charge in [0.1, 0.15) is 0 Å². The van der Waals surface area contributed by atoms with E-state index in [1.165, 1.54) is 0 Å². The molecule has 0 aliphatic carbocycles. The third-order valence-corrected chi connectivity index (χ3v) is 3.22. The smallest absolute Gasteiger partial charge is 0.237 e. The van der Waals surface area contributed by atoms with Crippen LogP contribution in [0.5, 0.6) is 0 Å². The third kappa shape index (κ3) is 8.27. The number of nitrogens with one attached hydrogen (secondary N) is 1. The number of hydrogen-bond acceptors (Lipinski definition) is 4. The SMILES string of the molecule is CC.CCCN1CCC1C(=O)NCCN(C)CCO.[V]. The van der Waals surface area contributed by atoms with Crippen LogP contribution in [-0.4, -0.2) is 73.2 Å². The summed E-state index contributed by atoms with van der Waals surface area (Å²) in [6.07, 6.45) is 2.08. The minimum Gasteiger partial charge on any atom is -0.395 e. The number of aliphatic hydroxyl groups is 1. The summed E-state index contributed by atoms with van der Waals surface area (Å²) < 4.78 is 0. The molecule has 1 aliphatic rings. The summed E-state index contributed by atoms with van der Waals surface area (Å²) in [5, 5.41) is 11.7. The largest absolute Gasteiger partial charge is 0.395 e. The number of carbonyl (C=O) groups excluding carboxylic acids is 1. The van der Waals surface area contributed by atoms with Crippen LogP contribution < -0.4 is 5.32 Å². The average Bonchev–Trinajstić information content (AvgIpc) is 2.37. The summed E-state index contributed by atoms with van der Waals surface area (Å²) in [4.78, 5) is 16.1. The van der Waals surface area contributed by atoms with Gasteiger partial charge in [0.2, 0.25) is 5.91 Å². The van der Waals surface area contributed by atoms with Crippen LogP contribution in [0, 0.1) is 0 Å². The fourth-order valence-corrected chi connectivity index (χ4v) is 2.06. The zero-order chi connectivity index (χ0) is 14.7. The fraction of sp³-hybridized carbons (Fsp3) is 0.929. The Labute approximate surface area is 136 Å². The summed E-state index contributed by atoms with van der Waals surface area (Å²) >= 11 is 0. The number of rotatable bonds is 8. The number of likely N-dealkylation sites (tertiary alicyclic amines) is 1. The standard InChI is InChI=1S/C12H25N3O2.C2H6.V/c1-3-6-15-7-4-11(15)12(17)13-5-8-14(2)9-10-16;1-2;/h11,16H,3-10H2,1-2H3,(H,13,17);1-2H3;. The van der Waals surface area contributed by atoms with Gasteiger partial charge in [-0.2, -0.15) is 0 Å². The van der Waals surface area contributed by atoms with E-state index in [1.54, 1.807) is 0 Å². The first-order valence-corrected chi connectivity index (χ1v) is 7.50. The quantitative estimate of drug-likeness (QED) is 0.684. The number of carbonyl (C=O) groups is 1. The van der Waals surface area contributed by atoms with E-state index >= 15 is 0 Å². The first-order chi connectivity index (χ1) is 9.19. The second kappa shape index (κ2) is 13.9. The van der Waals surface area contributed by atoms with Crippen LogP contribution in [0.4, 0.5) is 0 Å². The zero-order valence-corrected chi connectivity index (χ0v) is 14.8. The molecule has 20 heavy (non-hydrogen) atoms. The summed E-state index contributed by atoms with van der Waals surface area (Å²) in [6.45, 7) is 10.5. The number of hydrogen-bond donors (Lipinski definition) is 2. The van der Waals surface area contributed by atoms with Crippen molar-refractivity contribution < 1.29 is 28.5 Å². The van der Waals surface area contributed by atoms with Gasteiger partial charge < -0.3 is 15.3 Å². The minimum absolute atomic E-state index is 0. The molecule has 0 bridgehead atoms. The molecule has 6 heteroatoms. The van der Waals surface area contributed by atoms with Crippen molar-refractivity contribution in [2.24, 2.45) is 0 Å². The zero-order valence-electron chi connectivity index (χ0n) is 13.4. The molecule has 0 aromatic rings. The van der Waals surface area contributed by atoms with E-state index in [2.05, 4.69) is 17.1 Å². The molecule has 1 amide bonds. The monoisotopic (exact) mass is 324 g/mol. The normalized spacial score (nSPS) is 17.6. The molecule has 1 rings (SSSR count). The van der Waals surface area contributed by atoms with E-state index in [0.29, 0.717) is 13.1 Å². The molecule has 0 saturated carbocycles. The number of amides is 1. The predicted octanol–water partition coefficient (Wildman–Crippen LogP) is 0.535. The summed E-state index contributed by atoms with van der Waals surface area (Å²) in [7, 11) is 1.94. The van der Waals surface area contributed by atoms with Crippen molar-refractivity contribution in [3.63, 3.8) is 0 Å². The van der Waals surface area contributed by atoms with E-state index in [-0.39, 0.29) is 37.1 Å². The first kappa shape index (κ1) is 22.2. The second-order valence-electron chi connectivity index (χ2n) is 4.66. The molecule has 1 radical (unpaired) electrons. The van der Waals surface area contributed by atoms with Crippen LogP contribution in [-0.2, 0) is 23.4 Å². The van der Waals surface area contributed by atoms with Gasteiger partial charge in [0.15, 0.2) is 0 Å². The summed E-state index contributed by atoms with van der Waals surface area (Å²) in [6, 6.07) is 0.0955. The molecule has 1 unspecified atom stereocenters. The van der Waals surface area contributed by atoms with Gasteiger partial charge in [-0.1, -0.05) is 20.8 Å². The maximum atomic E-state index is 11.8. The summed E-state index contributed by atoms with van der Waals surface area (Å²) in [5.41, 5.74) is 0. The fourth-order valence-electron chi connectivity index (χ4n) is 2.06. The maximum absolute atomic E-state index is 11.8. The molecule has 1 aliphatic heterocycles. The van der Waals surface area contributed by atoms with Gasteiger partial charge in [0, 0.05) is 44.7 Å². The maximum Gasteiger partial charge on any atom is 0.237 e. The van der Waals surface area contributed by atoms with Crippen LogP contribution in [0.25, 0.3) is 0 Å². The molecule has 0 spiro atoms. The van der Waals surface area contributed by atoms with Crippen molar-refractivity contribution in [3.05, 3.63) is 0 Å². The van der Waals surface area contributed by atoms with Crippen molar-refractivity contribution in [2.45, 2.75) is 39.7 Å². The molecule has 1 saturated heterocycles. The third-order valence-electron chi connectivity index (χ3n) is 3.22. The van der Waals surface area contributed by atoms with Crippen LogP contribution >= 0.6 is 0 Å². The molecule has 0 aromatic heterocycles. The van der Waals surface area contributed by atoms with Gasteiger partial charge in [-0.15, -0.1) is 0 Å². The van der Waals surface area contributed by atoms with Crippen LogP contribution in [0.1, 0.15) is 33.6 Å². The minimum atomic E-state index is 0. The van der Waals surface area contributed by atoms with E-state index in [4.69, 9.17) is 5.11 Å². The summed E-state index contributed by atoms with van der Waals surface area (Å²) in [5.74, 6) is 0.155. The van der Waals surface area contributed by atoms with Crippen LogP contribution in [0.2, 0.25) is 0 Å². The Kier molecular flexibility index (Phi) is 15.4. The van der Waals surface area contributed by atoms with Gasteiger partial charge in [-0.25, -0.2) is 0 Å². The van der Waals surface area contributed by atoms with Crippen molar-refractivity contribution in [2.75, 3.05) is 46.4 Å². The Morgan fingerprint density at radius 1 is 1.40 bits per heavy atom. The van der Waals surface area contributed by atoms with E-state index in [9.17, 15) is 4.79 Å². The van der Waals surface area contributed by atoms with Gasteiger partial charge in [0.25, 0.3) is 0 Å². The van der Waals surface area contributed by atoms with E-state index in [1.807, 2.05) is 25.8 Å². The Morgan fingerprint density at radius 2 is 2.05 bits per heavy atom. The van der Waals surface area contributed by atoms with Gasteiger partial charge in [-0.05, 0) is 26.4 Å². The van der Waals surface area contributed by atoms with Crippen molar-refractivity contribution in [1.82, 2.24) is 15.1 Å². The molecular weight excluding hydrogens is 293 g/mol. The van der Waals surface area contributed by atoms with Gasteiger partial charge in [-0.3, -0.25) is 9.69 Å². The molecule has 1 heterocycles.